The van der Waals surface area contributed by atoms with Gasteiger partial charge in [-0.2, -0.15) is 0 Å². The molecule has 16 heavy (non-hydrogen) atoms. The monoisotopic (exact) mass is 226 g/mol. The molecule has 1 rings (SSSR count). The molecule has 0 aromatic heterocycles. The molecule has 0 aromatic rings. The highest BCUT2D eigenvalue weighted by Gasteiger charge is 2.12. The van der Waals surface area contributed by atoms with Crippen molar-refractivity contribution in [3.8, 4) is 0 Å². The molecule has 1 atom stereocenters. The average molecular weight is 226 g/mol. The molecule has 1 N–H and O–H groups in total. The van der Waals surface area contributed by atoms with Crippen molar-refractivity contribution in [3.63, 3.8) is 0 Å². The smallest absolute Gasteiger partial charge is 0.0673 e. The lowest BCUT2D eigenvalue weighted by molar-refractivity contribution is 0.210. The molecule has 0 radical (unpaired) electrons. The van der Waals surface area contributed by atoms with E-state index in [1.54, 1.807) is 7.11 Å². The fourth-order valence-corrected chi connectivity index (χ4v) is 2.10. The summed E-state index contributed by atoms with van der Waals surface area (Å²) in [5.74, 6) is 0. The van der Waals surface area contributed by atoms with Crippen molar-refractivity contribution in [1.29, 1.82) is 0 Å². The van der Waals surface area contributed by atoms with Gasteiger partial charge in [-0.1, -0.05) is 13.0 Å². The molecule has 1 aliphatic heterocycles. The Balaban J connectivity index is 2.16. The number of nitrogens with zero attached hydrogens (tertiary/aromatic N) is 1. The summed E-state index contributed by atoms with van der Waals surface area (Å²) in [7, 11) is 1.77. The van der Waals surface area contributed by atoms with Crippen LogP contribution in [0.2, 0.25) is 0 Å². The van der Waals surface area contributed by atoms with Gasteiger partial charge in [0, 0.05) is 26.2 Å². The number of rotatable bonds is 7. The van der Waals surface area contributed by atoms with E-state index in [0.29, 0.717) is 6.04 Å². The summed E-state index contributed by atoms with van der Waals surface area (Å²) in [6, 6.07) is 0.634. The Hall–Kier alpha value is -0.380. The molecule has 0 aliphatic carbocycles. The van der Waals surface area contributed by atoms with Crippen molar-refractivity contribution < 1.29 is 4.74 Å². The van der Waals surface area contributed by atoms with Gasteiger partial charge in [-0.05, 0) is 38.4 Å². The molecule has 0 amide bonds. The molecule has 94 valence electrons. The zero-order valence-corrected chi connectivity index (χ0v) is 11.0. The zero-order valence-electron chi connectivity index (χ0n) is 11.0. The van der Waals surface area contributed by atoms with Crippen molar-refractivity contribution in [1.82, 2.24) is 10.2 Å². The summed E-state index contributed by atoms with van der Waals surface area (Å²) in [6.45, 7) is 9.79. The molecule has 0 aromatic carbocycles. The summed E-state index contributed by atoms with van der Waals surface area (Å²) in [6.07, 6.45) is 4.73. The second kappa shape index (κ2) is 7.82. The van der Waals surface area contributed by atoms with Gasteiger partial charge < -0.3 is 10.1 Å². The Bertz CT molecular complexity index is 216. The van der Waals surface area contributed by atoms with Crippen LogP contribution in [-0.2, 0) is 4.74 Å². The van der Waals surface area contributed by atoms with E-state index in [-0.39, 0.29) is 0 Å². The summed E-state index contributed by atoms with van der Waals surface area (Å²) >= 11 is 0. The molecule has 3 nitrogen and oxygen atoms in total. The molecule has 0 fully saturated rings. The fraction of sp³-hybridized carbons (Fsp3) is 0.846. The molecular weight excluding hydrogens is 200 g/mol. The van der Waals surface area contributed by atoms with Gasteiger partial charge in [-0.15, -0.1) is 0 Å². The van der Waals surface area contributed by atoms with Crippen LogP contribution in [0, 0.1) is 0 Å². The topological polar surface area (TPSA) is 24.5 Å². The highest BCUT2D eigenvalue weighted by molar-refractivity contribution is 5.07. The number of methoxy groups -OCH3 is 1. The predicted octanol–water partition coefficient (Wildman–Crippen LogP) is 1.65. The van der Waals surface area contributed by atoms with Crippen LogP contribution in [0.5, 0.6) is 0 Å². The van der Waals surface area contributed by atoms with E-state index in [1.165, 1.54) is 31.5 Å². The van der Waals surface area contributed by atoms with Crippen molar-refractivity contribution in [2.75, 3.05) is 39.9 Å². The average Bonchev–Trinajstić information content (AvgIpc) is 2.29. The van der Waals surface area contributed by atoms with E-state index < -0.39 is 0 Å². The maximum atomic E-state index is 5.15. The third-order valence-corrected chi connectivity index (χ3v) is 3.15. The zero-order chi connectivity index (χ0) is 11.8. The number of ether oxygens (including phenoxy) is 1. The standard InChI is InChI=1S/C13H26N2O/c1-4-14-12(2)5-8-15-9-6-13(7-10-15)11-16-3/h6,12,14H,4-5,7-11H2,1-3H3. The molecule has 0 saturated heterocycles. The first-order valence-electron chi connectivity index (χ1n) is 6.38. The molecular formula is C13H26N2O. The van der Waals surface area contributed by atoms with Gasteiger partial charge in [-0.3, -0.25) is 4.90 Å². The van der Waals surface area contributed by atoms with E-state index in [0.717, 1.165) is 19.7 Å². The van der Waals surface area contributed by atoms with E-state index in [4.69, 9.17) is 4.74 Å². The molecule has 0 saturated carbocycles. The van der Waals surface area contributed by atoms with Crippen LogP contribution >= 0.6 is 0 Å². The van der Waals surface area contributed by atoms with Gasteiger partial charge in [0.25, 0.3) is 0 Å². The van der Waals surface area contributed by atoms with E-state index in [1.807, 2.05) is 0 Å². The summed E-state index contributed by atoms with van der Waals surface area (Å²) in [5, 5.41) is 3.45. The van der Waals surface area contributed by atoms with Gasteiger partial charge in [0.05, 0.1) is 6.61 Å². The van der Waals surface area contributed by atoms with E-state index in [2.05, 4.69) is 30.1 Å². The second-order valence-electron chi connectivity index (χ2n) is 4.59. The minimum absolute atomic E-state index is 0.634. The predicted molar refractivity (Wildman–Crippen MR) is 68.8 cm³/mol. The quantitative estimate of drug-likeness (QED) is 0.668. The van der Waals surface area contributed by atoms with Crippen molar-refractivity contribution in [2.24, 2.45) is 0 Å². The van der Waals surface area contributed by atoms with Crippen LogP contribution in [0.25, 0.3) is 0 Å². The van der Waals surface area contributed by atoms with Crippen LogP contribution in [-0.4, -0.2) is 50.8 Å². The van der Waals surface area contributed by atoms with Crippen LogP contribution < -0.4 is 5.32 Å². The Labute approximate surface area is 99.8 Å². The molecule has 1 heterocycles. The number of nitrogens with one attached hydrogen (secondary N) is 1. The van der Waals surface area contributed by atoms with E-state index >= 15 is 0 Å². The lowest BCUT2D eigenvalue weighted by atomic mass is 10.1. The largest absolute Gasteiger partial charge is 0.380 e. The van der Waals surface area contributed by atoms with E-state index in [9.17, 15) is 0 Å². The normalized spacial score (nSPS) is 19.6. The minimum atomic E-state index is 0.634. The first kappa shape index (κ1) is 13.7. The summed E-state index contributed by atoms with van der Waals surface area (Å²) < 4.78 is 5.15. The lowest BCUT2D eigenvalue weighted by Gasteiger charge is -2.27. The van der Waals surface area contributed by atoms with Crippen LogP contribution in [0.3, 0.4) is 0 Å². The highest BCUT2D eigenvalue weighted by Crippen LogP contribution is 2.11. The van der Waals surface area contributed by atoms with Crippen molar-refractivity contribution in [2.45, 2.75) is 32.7 Å². The van der Waals surface area contributed by atoms with Gasteiger partial charge in [0.2, 0.25) is 0 Å². The molecule has 0 bridgehead atoms. The van der Waals surface area contributed by atoms with Gasteiger partial charge in [0.1, 0.15) is 0 Å². The fourth-order valence-electron chi connectivity index (χ4n) is 2.10. The van der Waals surface area contributed by atoms with Gasteiger partial charge in [0.15, 0.2) is 0 Å². The van der Waals surface area contributed by atoms with Crippen LogP contribution in [0.1, 0.15) is 26.7 Å². The third kappa shape index (κ3) is 5.10. The van der Waals surface area contributed by atoms with Gasteiger partial charge >= 0.3 is 0 Å². The number of hydrogen-bond donors (Lipinski definition) is 1. The lowest BCUT2D eigenvalue weighted by Crippen LogP contribution is -2.35. The first-order valence-corrected chi connectivity index (χ1v) is 6.38. The molecule has 0 spiro atoms. The van der Waals surface area contributed by atoms with Crippen molar-refractivity contribution in [3.05, 3.63) is 11.6 Å². The Morgan fingerprint density at radius 2 is 2.38 bits per heavy atom. The second-order valence-corrected chi connectivity index (χ2v) is 4.59. The first-order chi connectivity index (χ1) is 7.76. The highest BCUT2D eigenvalue weighted by atomic mass is 16.5. The number of hydrogen-bond acceptors (Lipinski definition) is 3. The third-order valence-electron chi connectivity index (χ3n) is 3.15. The maximum Gasteiger partial charge on any atom is 0.0673 e. The summed E-state index contributed by atoms with van der Waals surface area (Å²) in [4.78, 5) is 2.52. The molecule has 1 aliphatic rings. The Morgan fingerprint density at radius 1 is 1.56 bits per heavy atom. The minimum Gasteiger partial charge on any atom is -0.380 e. The maximum absolute atomic E-state index is 5.15. The Morgan fingerprint density at radius 3 is 2.94 bits per heavy atom. The molecule has 1 unspecified atom stereocenters. The van der Waals surface area contributed by atoms with Gasteiger partial charge in [-0.25, -0.2) is 0 Å². The van der Waals surface area contributed by atoms with Crippen molar-refractivity contribution >= 4 is 0 Å². The summed E-state index contributed by atoms with van der Waals surface area (Å²) in [5.41, 5.74) is 1.46. The SMILES string of the molecule is CCNC(C)CCN1CC=C(COC)CC1. The van der Waals surface area contributed by atoms with Crippen LogP contribution in [0.15, 0.2) is 11.6 Å². The van der Waals surface area contributed by atoms with Crippen LogP contribution in [0.4, 0.5) is 0 Å². The Kier molecular flexibility index (Phi) is 6.69. The molecule has 3 heteroatoms.